The number of rotatable bonds is 3. The number of halogens is 1. The van der Waals surface area contributed by atoms with Gasteiger partial charge in [-0.15, -0.1) is 0 Å². The van der Waals surface area contributed by atoms with Crippen molar-refractivity contribution < 1.29 is 0 Å². The monoisotopic (exact) mass is 347 g/mol. The first-order valence-corrected chi connectivity index (χ1v) is 8.01. The molecule has 0 amide bonds. The van der Waals surface area contributed by atoms with Gasteiger partial charge in [-0.05, 0) is 27.9 Å². The fraction of sp³-hybridized carbons (Fsp3) is 0.412. The van der Waals surface area contributed by atoms with Gasteiger partial charge in [0.05, 0.1) is 10.2 Å². The number of nitrogens with zero attached hydrogens (tertiary/aromatic N) is 2. The van der Waals surface area contributed by atoms with E-state index in [-0.39, 0.29) is 5.41 Å². The molecule has 0 bridgehead atoms. The number of nitrogens with one attached hydrogen (secondary N) is 1. The topological polar surface area (TPSA) is 37.8 Å². The lowest BCUT2D eigenvalue weighted by molar-refractivity contribution is 0.564. The largest absolute Gasteiger partial charge is 0.372 e. The van der Waals surface area contributed by atoms with Crippen LogP contribution in [0.4, 0.5) is 5.82 Å². The van der Waals surface area contributed by atoms with Crippen molar-refractivity contribution in [2.75, 3.05) is 12.4 Å². The Kier molecular flexibility index (Phi) is 4.67. The minimum atomic E-state index is -0.0523. The van der Waals surface area contributed by atoms with Crippen molar-refractivity contribution in [1.29, 1.82) is 0 Å². The number of hydrogen-bond donors (Lipinski definition) is 1. The summed E-state index contributed by atoms with van der Waals surface area (Å²) in [6.45, 7) is 8.64. The first kappa shape index (κ1) is 16.0. The van der Waals surface area contributed by atoms with Crippen molar-refractivity contribution in [3.63, 3.8) is 0 Å². The molecule has 0 aliphatic heterocycles. The molecular formula is C17H22BrN3. The molecule has 2 aromatic rings. The van der Waals surface area contributed by atoms with E-state index in [0.717, 1.165) is 33.8 Å². The van der Waals surface area contributed by atoms with Gasteiger partial charge in [0.2, 0.25) is 0 Å². The first-order chi connectivity index (χ1) is 9.88. The van der Waals surface area contributed by atoms with E-state index >= 15 is 0 Å². The summed E-state index contributed by atoms with van der Waals surface area (Å²) >= 11 is 3.63. The van der Waals surface area contributed by atoms with Crippen LogP contribution in [0, 0.1) is 0 Å². The van der Waals surface area contributed by atoms with Crippen LogP contribution < -0.4 is 5.32 Å². The molecule has 0 spiro atoms. The first-order valence-electron chi connectivity index (χ1n) is 7.22. The number of hydrogen-bond acceptors (Lipinski definition) is 3. The summed E-state index contributed by atoms with van der Waals surface area (Å²) in [5, 5.41) is 3.16. The summed E-state index contributed by atoms with van der Waals surface area (Å²) in [4.78, 5) is 9.51. The van der Waals surface area contributed by atoms with Crippen LogP contribution >= 0.6 is 15.9 Å². The van der Waals surface area contributed by atoms with Crippen LogP contribution in [-0.4, -0.2) is 17.0 Å². The Hall–Kier alpha value is -1.42. The molecule has 1 aromatic heterocycles. The molecule has 0 aliphatic rings. The summed E-state index contributed by atoms with van der Waals surface area (Å²) < 4.78 is 0.940. The average Bonchev–Trinajstić information content (AvgIpc) is 2.46. The zero-order valence-electron chi connectivity index (χ0n) is 13.3. The Morgan fingerprint density at radius 1 is 1.14 bits per heavy atom. The van der Waals surface area contributed by atoms with Gasteiger partial charge < -0.3 is 5.32 Å². The van der Waals surface area contributed by atoms with Gasteiger partial charge in [0.1, 0.15) is 5.82 Å². The summed E-state index contributed by atoms with van der Waals surface area (Å²) in [7, 11) is 1.88. The third-order valence-corrected chi connectivity index (χ3v) is 4.19. The highest BCUT2D eigenvalue weighted by Gasteiger charge is 2.23. The van der Waals surface area contributed by atoms with Gasteiger partial charge in [0, 0.05) is 18.0 Å². The predicted molar refractivity (Wildman–Crippen MR) is 92.8 cm³/mol. The highest BCUT2D eigenvalue weighted by molar-refractivity contribution is 9.10. The smallest absolute Gasteiger partial charge is 0.162 e. The summed E-state index contributed by atoms with van der Waals surface area (Å²) in [5.41, 5.74) is 3.34. The maximum absolute atomic E-state index is 4.83. The molecule has 1 N–H and O–H groups in total. The summed E-state index contributed by atoms with van der Waals surface area (Å²) in [5.74, 6) is 1.61. The van der Waals surface area contributed by atoms with Crippen molar-refractivity contribution in [3.05, 3.63) is 40.0 Å². The Bertz CT molecular complexity index is 645. The molecule has 4 heteroatoms. The second-order valence-electron chi connectivity index (χ2n) is 6.07. The maximum Gasteiger partial charge on any atom is 0.162 e. The molecule has 0 aliphatic carbocycles. The fourth-order valence-electron chi connectivity index (χ4n) is 2.28. The van der Waals surface area contributed by atoms with Crippen molar-refractivity contribution in [2.24, 2.45) is 0 Å². The quantitative estimate of drug-likeness (QED) is 0.865. The summed E-state index contributed by atoms with van der Waals surface area (Å²) in [6.07, 6.45) is 0.968. The van der Waals surface area contributed by atoms with E-state index in [1.54, 1.807) is 0 Å². The van der Waals surface area contributed by atoms with Crippen LogP contribution in [0.1, 0.15) is 39.0 Å². The maximum atomic E-state index is 4.83. The molecule has 0 saturated carbocycles. The van der Waals surface area contributed by atoms with Gasteiger partial charge in [-0.2, -0.15) is 0 Å². The zero-order valence-corrected chi connectivity index (χ0v) is 14.9. The molecular weight excluding hydrogens is 326 g/mol. The van der Waals surface area contributed by atoms with Crippen LogP contribution in [0.3, 0.4) is 0 Å². The highest BCUT2D eigenvalue weighted by atomic mass is 79.9. The van der Waals surface area contributed by atoms with E-state index in [1.165, 1.54) is 5.56 Å². The summed E-state index contributed by atoms with van der Waals surface area (Å²) in [6, 6.07) is 8.32. The molecule has 0 fully saturated rings. The normalized spacial score (nSPS) is 11.5. The fourth-order valence-corrected chi connectivity index (χ4v) is 3.25. The molecule has 3 nitrogen and oxygen atoms in total. The lowest BCUT2D eigenvalue weighted by atomic mass is 9.91. The van der Waals surface area contributed by atoms with Crippen molar-refractivity contribution in [1.82, 2.24) is 9.97 Å². The Balaban J connectivity index is 2.70. The van der Waals surface area contributed by atoms with Gasteiger partial charge in [0.25, 0.3) is 0 Å². The van der Waals surface area contributed by atoms with Gasteiger partial charge in [0.15, 0.2) is 5.82 Å². The van der Waals surface area contributed by atoms with E-state index in [1.807, 2.05) is 13.1 Å². The van der Waals surface area contributed by atoms with Gasteiger partial charge in [-0.25, -0.2) is 9.97 Å². The molecule has 0 saturated heterocycles. The third kappa shape index (κ3) is 3.26. The van der Waals surface area contributed by atoms with Gasteiger partial charge >= 0.3 is 0 Å². The Morgan fingerprint density at radius 2 is 1.81 bits per heavy atom. The molecule has 0 unspecified atom stereocenters. The van der Waals surface area contributed by atoms with E-state index < -0.39 is 0 Å². The lowest BCUT2D eigenvalue weighted by Crippen LogP contribution is -2.17. The van der Waals surface area contributed by atoms with Crippen molar-refractivity contribution in [3.8, 4) is 11.4 Å². The molecule has 0 radical (unpaired) electrons. The van der Waals surface area contributed by atoms with E-state index in [9.17, 15) is 0 Å². The minimum absolute atomic E-state index is 0.0523. The van der Waals surface area contributed by atoms with Crippen LogP contribution in [0.15, 0.2) is 28.7 Å². The minimum Gasteiger partial charge on any atom is -0.372 e. The highest BCUT2D eigenvalue weighted by Crippen LogP contribution is 2.34. The van der Waals surface area contributed by atoms with E-state index in [4.69, 9.17) is 4.98 Å². The second kappa shape index (κ2) is 6.14. The van der Waals surface area contributed by atoms with E-state index in [0.29, 0.717) is 0 Å². The van der Waals surface area contributed by atoms with Crippen molar-refractivity contribution >= 4 is 21.7 Å². The molecule has 112 valence electrons. The predicted octanol–water partition coefficient (Wildman–Crippen LogP) is 4.81. The van der Waals surface area contributed by atoms with Gasteiger partial charge in [-0.3, -0.25) is 0 Å². The second-order valence-corrected chi connectivity index (χ2v) is 6.86. The van der Waals surface area contributed by atoms with Crippen LogP contribution in [0.25, 0.3) is 11.4 Å². The van der Waals surface area contributed by atoms with Gasteiger partial charge in [-0.1, -0.05) is 52.0 Å². The third-order valence-electron chi connectivity index (χ3n) is 3.44. The van der Waals surface area contributed by atoms with Crippen LogP contribution in [0.5, 0.6) is 0 Å². The number of anilines is 1. The zero-order chi connectivity index (χ0) is 15.6. The van der Waals surface area contributed by atoms with Crippen LogP contribution in [0.2, 0.25) is 0 Å². The van der Waals surface area contributed by atoms with Crippen LogP contribution in [-0.2, 0) is 11.8 Å². The SMILES string of the molecule is CCc1ccccc1-c1nc(NC)c(Br)c(C(C)(C)C)n1. The van der Waals surface area contributed by atoms with Crippen molar-refractivity contribution in [2.45, 2.75) is 39.5 Å². The standard InChI is InChI=1S/C17H22BrN3/c1-6-11-9-7-8-10-12(11)15-20-14(17(2,3)4)13(18)16(19-5)21-15/h7-10H,6H2,1-5H3,(H,19,20,21). The number of aryl methyl sites for hydroxylation is 1. The number of aromatic nitrogens is 2. The van der Waals surface area contributed by atoms with E-state index in [2.05, 4.69) is 72.1 Å². The molecule has 1 aromatic carbocycles. The molecule has 0 atom stereocenters. The molecule has 1 heterocycles. The lowest BCUT2D eigenvalue weighted by Gasteiger charge is -2.22. The number of benzene rings is 1. The average molecular weight is 348 g/mol. The Morgan fingerprint density at radius 3 is 2.38 bits per heavy atom. The molecule has 2 rings (SSSR count). The Labute approximate surface area is 135 Å². The molecule has 21 heavy (non-hydrogen) atoms.